The zero-order chi connectivity index (χ0) is 17.5. The molecule has 1 aromatic heterocycles. The minimum atomic E-state index is -0.633. The third-order valence-electron chi connectivity index (χ3n) is 2.94. The van der Waals surface area contributed by atoms with E-state index >= 15 is 0 Å². The highest BCUT2D eigenvalue weighted by Gasteiger charge is 2.12. The van der Waals surface area contributed by atoms with E-state index in [1.54, 1.807) is 30.5 Å². The lowest BCUT2D eigenvalue weighted by atomic mass is 10.2. The van der Waals surface area contributed by atoms with Gasteiger partial charge in [0, 0.05) is 28.6 Å². The molecule has 7 nitrogen and oxygen atoms in total. The van der Waals surface area contributed by atoms with E-state index < -0.39 is 18.5 Å². The Kier molecular flexibility index (Phi) is 6.14. The van der Waals surface area contributed by atoms with Crippen molar-refractivity contribution < 1.29 is 23.8 Å². The second-order valence-corrected chi connectivity index (χ2v) is 5.50. The largest absolute Gasteiger partial charge is 0.493 e. The zero-order valence-corrected chi connectivity index (χ0v) is 14.6. The predicted molar refractivity (Wildman–Crippen MR) is 90.4 cm³/mol. The number of rotatable bonds is 6. The molecule has 0 aliphatic rings. The Balaban J connectivity index is 1.92. The van der Waals surface area contributed by atoms with Gasteiger partial charge in [0.25, 0.3) is 5.91 Å². The second-order valence-electron chi connectivity index (χ2n) is 4.59. The number of halogens is 1. The molecule has 0 atom stereocenters. The number of ether oxygens (including phenoxy) is 3. The van der Waals surface area contributed by atoms with Crippen molar-refractivity contribution in [1.82, 2.24) is 4.98 Å². The molecule has 24 heavy (non-hydrogen) atoms. The number of nitrogens with zero attached hydrogens (tertiary/aromatic N) is 1. The molecule has 126 valence electrons. The van der Waals surface area contributed by atoms with Crippen LogP contribution < -0.4 is 14.8 Å². The number of anilines is 1. The van der Waals surface area contributed by atoms with Gasteiger partial charge in [-0.1, -0.05) is 0 Å². The first-order valence-corrected chi connectivity index (χ1v) is 7.62. The summed E-state index contributed by atoms with van der Waals surface area (Å²) in [5, 5.41) is 2.61. The minimum Gasteiger partial charge on any atom is -0.493 e. The third-order valence-corrected chi connectivity index (χ3v) is 3.38. The van der Waals surface area contributed by atoms with Gasteiger partial charge in [0.1, 0.15) is 0 Å². The first-order valence-electron chi connectivity index (χ1n) is 6.83. The third kappa shape index (κ3) is 4.69. The maximum absolute atomic E-state index is 11.9. The van der Waals surface area contributed by atoms with Crippen molar-refractivity contribution in [2.24, 2.45) is 0 Å². The van der Waals surface area contributed by atoms with Gasteiger partial charge in [-0.25, -0.2) is 4.79 Å². The van der Waals surface area contributed by atoms with Crippen molar-refractivity contribution in [3.8, 4) is 11.5 Å². The summed E-state index contributed by atoms with van der Waals surface area (Å²) in [4.78, 5) is 27.6. The molecule has 0 spiro atoms. The highest BCUT2D eigenvalue weighted by molar-refractivity contribution is 9.10. The normalized spacial score (nSPS) is 9.96. The number of hydrogen-bond acceptors (Lipinski definition) is 6. The first kappa shape index (κ1) is 17.7. The lowest BCUT2D eigenvalue weighted by Gasteiger charge is -2.10. The molecule has 0 saturated carbocycles. The summed E-state index contributed by atoms with van der Waals surface area (Å²) in [6.45, 7) is -0.417. The fourth-order valence-corrected chi connectivity index (χ4v) is 2.21. The van der Waals surface area contributed by atoms with Crippen LogP contribution >= 0.6 is 15.9 Å². The van der Waals surface area contributed by atoms with Crippen molar-refractivity contribution in [3.63, 3.8) is 0 Å². The average Bonchev–Trinajstić information content (AvgIpc) is 2.59. The molecular formula is C16H15BrN2O5. The van der Waals surface area contributed by atoms with Gasteiger partial charge in [0.15, 0.2) is 18.1 Å². The number of esters is 1. The molecule has 8 heteroatoms. The van der Waals surface area contributed by atoms with Crippen LogP contribution in [0.15, 0.2) is 41.1 Å². The number of aromatic nitrogens is 1. The van der Waals surface area contributed by atoms with E-state index in [4.69, 9.17) is 14.2 Å². The molecule has 0 fully saturated rings. The van der Waals surface area contributed by atoms with E-state index in [-0.39, 0.29) is 5.56 Å². The minimum absolute atomic E-state index is 0.253. The summed E-state index contributed by atoms with van der Waals surface area (Å²) in [7, 11) is 3.02. The van der Waals surface area contributed by atoms with Crippen molar-refractivity contribution >= 4 is 33.5 Å². The summed E-state index contributed by atoms with van der Waals surface area (Å²) >= 11 is 3.21. The SMILES string of the molecule is COc1ccc(NC(=O)COC(=O)c2cncc(Br)c2)cc1OC. The molecule has 1 amide bonds. The molecule has 0 radical (unpaired) electrons. The van der Waals surface area contributed by atoms with Crippen LogP contribution in [0.3, 0.4) is 0 Å². The molecule has 1 N–H and O–H groups in total. The number of carbonyl (C=O) groups is 2. The van der Waals surface area contributed by atoms with Gasteiger partial charge in [-0.05, 0) is 34.1 Å². The predicted octanol–water partition coefficient (Wildman–Crippen LogP) is 2.66. The van der Waals surface area contributed by atoms with Crippen LogP contribution in [0, 0.1) is 0 Å². The molecule has 2 rings (SSSR count). The standard InChI is InChI=1S/C16H15BrN2O5/c1-22-13-4-3-12(6-14(13)23-2)19-15(20)9-24-16(21)10-5-11(17)8-18-7-10/h3-8H,9H2,1-2H3,(H,19,20). The van der Waals surface area contributed by atoms with E-state index in [0.717, 1.165) is 0 Å². The van der Waals surface area contributed by atoms with E-state index in [1.165, 1.54) is 20.4 Å². The van der Waals surface area contributed by atoms with Crippen LogP contribution in [0.5, 0.6) is 11.5 Å². The Hall–Kier alpha value is -2.61. The number of carbonyl (C=O) groups excluding carboxylic acids is 2. The molecule has 0 aliphatic heterocycles. The lowest BCUT2D eigenvalue weighted by Crippen LogP contribution is -2.21. The maximum atomic E-state index is 11.9. The van der Waals surface area contributed by atoms with E-state index in [1.807, 2.05) is 0 Å². The highest BCUT2D eigenvalue weighted by atomic mass is 79.9. The van der Waals surface area contributed by atoms with E-state index in [2.05, 4.69) is 26.2 Å². The zero-order valence-electron chi connectivity index (χ0n) is 13.0. The number of amides is 1. The van der Waals surface area contributed by atoms with Crippen molar-refractivity contribution in [2.75, 3.05) is 26.1 Å². The summed E-state index contributed by atoms with van der Waals surface area (Å²) in [5.41, 5.74) is 0.751. The van der Waals surface area contributed by atoms with Gasteiger partial charge in [-0.15, -0.1) is 0 Å². The topological polar surface area (TPSA) is 86.8 Å². The lowest BCUT2D eigenvalue weighted by molar-refractivity contribution is -0.119. The Morgan fingerprint density at radius 3 is 2.54 bits per heavy atom. The molecular weight excluding hydrogens is 380 g/mol. The molecule has 0 aliphatic carbocycles. The Labute approximate surface area is 147 Å². The highest BCUT2D eigenvalue weighted by Crippen LogP contribution is 2.29. The summed E-state index contributed by atoms with van der Waals surface area (Å²) in [6, 6.07) is 6.48. The molecule has 1 aromatic carbocycles. The molecule has 2 aromatic rings. The fourth-order valence-electron chi connectivity index (χ4n) is 1.85. The summed E-state index contributed by atoms with van der Waals surface area (Å²) in [6.07, 6.45) is 2.90. The van der Waals surface area contributed by atoms with Crippen molar-refractivity contribution in [3.05, 3.63) is 46.7 Å². The molecule has 1 heterocycles. The van der Waals surface area contributed by atoms with Gasteiger partial charge in [0.05, 0.1) is 19.8 Å². The molecule has 0 saturated heterocycles. The van der Waals surface area contributed by atoms with Crippen LogP contribution in [0.2, 0.25) is 0 Å². The van der Waals surface area contributed by atoms with Gasteiger partial charge in [-0.3, -0.25) is 9.78 Å². The first-order chi connectivity index (χ1) is 11.5. The second kappa shape index (κ2) is 8.30. The van der Waals surface area contributed by atoms with Crippen LogP contribution in [0.25, 0.3) is 0 Å². The monoisotopic (exact) mass is 394 g/mol. The quantitative estimate of drug-likeness (QED) is 0.757. The number of methoxy groups -OCH3 is 2. The summed E-state index contributed by atoms with van der Waals surface area (Å²) < 4.78 is 15.9. The number of benzene rings is 1. The fraction of sp³-hybridized carbons (Fsp3) is 0.188. The Bertz CT molecular complexity index is 751. The number of hydrogen-bond donors (Lipinski definition) is 1. The molecule has 0 bridgehead atoms. The van der Waals surface area contributed by atoms with Gasteiger partial charge in [0.2, 0.25) is 0 Å². The van der Waals surface area contributed by atoms with E-state index in [9.17, 15) is 9.59 Å². The number of pyridine rings is 1. The van der Waals surface area contributed by atoms with E-state index in [0.29, 0.717) is 21.7 Å². The number of nitrogens with one attached hydrogen (secondary N) is 1. The average molecular weight is 395 g/mol. The van der Waals surface area contributed by atoms with Gasteiger partial charge >= 0.3 is 5.97 Å². The smallest absolute Gasteiger partial charge is 0.340 e. The van der Waals surface area contributed by atoms with Gasteiger partial charge < -0.3 is 19.5 Å². The van der Waals surface area contributed by atoms with Crippen LogP contribution in [-0.4, -0.2) is 37.7 Å². The molecule has 0 unspecified atom stereocenters. The van der Waals surface area contributed by atoms with Crippen LogP contribution in [0.1, 0.15) is 10.4 Å². The Morgan fingerprint density at radius 2 is 1.88 bits per heavy atom. The maximum Gasteiger partial charge on any atom is 0.340 e. The summed E-state index contributed by atoms with van der Waals surface area (Å²) in [5.74, 6) is -0.0821. The van der Waals surface area contributed by atoms with Crippen LogP contribution in [0.4, 0.5) is 5.69 Å². The van der Waals surface area contributed by atoms with Crippen LogP contribution in [-0.2, 0) is 9.53 Å². The van der Waals surface area contributed by atoms with Crippen molar-refractivity contribution in [1.29, 1.82) is 0 Å². The van der Waals surface area contributed by atoms with Gasteiger partial charge in [-0.2, -0.15) is 0 Å². The van der Waals surface area contributed by atoms with Crippen molar-refractivity contribution in [2.45, 2.75) is 0 Å². The Morgan fingerprint density at radius 1 is 1.12 bits per heavy atom.